The molecule has 5 N–H and O–H groups in total. The largest absolute Gasteiger partial charge is 0.481 e. The van der Waals surface area contributed by atoms with Crippen LogP contribution in [0, 0.1) is 0 Å². The number of nitrogens with one attached hydrogen (secondary N) is 2. The molecule has 0 aliphatic heterocycles. The number of primary amides is 1. The van der Waals surface area contributed by atoms with Crippen LogP contribution in [0.3, 0.4) is 0 Å². The van der Waals surface area contributed by atoms with Gasteiger partial charge < -0.3 is 21.5 Å². The highest BCUT2D eigenvalue weighted by Gasteiger charge is 2.02. The maximum absolute atomic E-state index is 10.7. The summed E-state index contributed by atoms with van der Waals surface area (Å²) in [5.74, 6) is -1.66. The Kier molecular flexibility index (Phi) is 5.01. The molecule has 0 saturated carbocycles. The summed E-state index contributed by atoms with van der Waals surface area (Å²) in [6.45, 7) is -0.251. The Morgan fingerprint density at radius 3 is 2.31 bits per heavy atom. The van der Waals surface area contributed by atoms with E-state index in [1.807, 2.05) is 0 Å². The van der Waals surface area contributed by atoms with E-state index >= 15 is 0 Å². The molecule has 0 aromatic rings. The lowest BCUT2D eigenvalue weighted by Gasteiger charge is -2.03. The maximum atomic E-state index is 10.7. The Labute approximate surface area is 74.3 Å². The molecule has 7 heteroatoms. The highest BCUT2D eigenvalue weighted by Crippen LogP contribution is 1.74. The number of aliphatic carboxylic acids is 1. The fourth-order valence-corrected chi connectivity index (χ4v) is 0.513. The maximum Gasteiger partial charge on any atom is 0.315 e. The second-order valence-electron chi connectivity index (χ2n) is 2.22. The molecular formula is C6H11N3O4. The van der Waals surface area contributed by atoms with Gasteiger partial charge in [0.05, 0.1) is 13.0 Å². The van der Waals surface area contributed by atoms with Crippen molar-refractivity contribution >= 4 is 17.9 Å². The summed E-state index contributed by atoms with van der Waals surface area (Å²) in [7, 11) is 0. The standard InChI is InChI=1S/C6H11N3O4/c7-4(10)3-9-6(13)8-2-1-5(11)12/h1-3H2,(H2,7,10)(H,11,12)(H2,8,9,13). The second kappa shape index (κ2) is 5.81. The summed E-state index contributed by atoms with van der Waals surface area (Å²) in [4.78, 5) is 30.9. The summed E-state index contributed by atoms with van der Waals surface area (Å²) >= 11 is 0. The molecule has 0 unspecified atom stereocenters. The van der Waals surface area contributed by atoms with Crippen molar-refractivity contribution in [3.8, 4) is 0 Å². The number of carboxylic acid groups (broad SMARTS) is 1. The predicted octanol–water partition coefficient (Wildman–Crippen LogP) is -1.75. The number of carbonyl (C=O) groups excluding carboxylic acids is 2. The van der Waals surface area contributed by atoms with Gasteiger partial charge in [0, 0.05) is 6.54 Å². The SMILES string of the molecule is NC(=O)CNC(=O)NCCC(=O)O. The van der Waals surface area contributed by atoms with Crippen LogP contribution in [0.15, 0.2) is 0 Å². The lowest BCUT2D eigenvalue weighted by Crippen LogP contribution is -2.40. The molecule has 13 heavy (non-hydrogen) atoms. The zero-order valence-electron chi connectivity index (χ0n) is 6.87. The van der Waals surface area contributed by atoms with Crippen LogP contribution < -0.4 is 16.4 Å². The van der Waals surface area contributed by atoms with Crippen LogP contribution in [-0.4, -0.2) is 36.1 Å². The van der Waals surface area contributed by atoms with Crippen molar-refractivity contribution in [3.63, 3.8) is 0 Å². The molecule has 0 bridgehead atoms. The van der Waals surface area contributed by atoms with Gasteiger partial charge in [-0.15, -0.1) is 0 Å². The van der Waals surface area contributed by atoms with Crippen molar-refractivity contribution in [3.05, 3.63) is 0 Å². The first-order valence-corrected chi connectivity index (χ1v) is 3.54. The number of amides is 3. The Hall–Kier alpha value is -1.79. The average molecular weight is 189 g/mol. The van der Waals surface area contributed by atoms with Crippen molar-refractivity contribution in [1.82, 2.24) is 10.6 Å². The molecule has 0 atom stereocenters. The number of nitrogens with two attached hydrogens (primary N) is 1. The van der Waals surface area contributed by atoms with Crippen molar-refractivity contribution in [2.75, 3.05) is 13.1 Å². The molecular weight excluding hydrogens is 178 g/mol. The van der Waals surface area contributed by atoms with E-state index in [0.717, 1.165) is 0 Å². The zero-order valence-corrected chi connectivity index (χ0v) is 6.87. The smallest absolute Gasteiger partial charge is 0.315 e. The Morgan fingerprint density at radius 2 is 1.85 bits per heavy atom. The number of carboxylic acids is 1. The van der Waals surface area contributed by atoms with Crippen LogP contribution in [-0.2, 0) is 9.59 Å². The predicted molar refractivity (Wildman–Crippen MR) is 42.8 cm³/mol. The quantitative estimate of drug-likeness (QED) is 0.409. The minimum Gasteiger partial charge on any atom is -0.481 e. The normalized spacial score (nSPS) is 8.92. The summed E-state index contributed by atoms with van der Waals surface area (Å²) in [6, 6.07) is -0.611. The van der Waals surface area contributed by atoms with E-state index in [1.165, 1.54) is 0 Å². The van der Waals surface area contributed by atoms with Gasteiger partial charge in [-0.3, -0.25) is 9.59 Å². The average Bonchev–Trinajstić information content (AvgIpc) is 2.00. The zero-order chi connectivity index (χ0) is 10.3. The number of rotatable bonds is 5. The molecule has 0 aromatic carbocycles. The van der Waals surface area contributed by atoms with Crippen LogP contribution in [0.2, 0.25) is 0 Å². The molecule has 0 fully saturated rings. The molecule has 0 saturated heterocycles. The third kappa shape index (κ3) is 8.11. The first-order chi connectivity index (χ1) is 6.02. The minimum atomic E-state index is -1.00. The number of urea groups is 1. The van der Waals surface area contributed by atoms with Crippen molar-refractivity contribution in [2.45, 2.75) is 6.42 Å². The van der Waals surface area contributed by atoms with Gasteiger partial charge in [-0.25, -0.2) is 4.79 Å². The van der Waals surface area contributed by atoms with Gasteiger partial charge >= 0.3 is 12.0 Å². The number of hydrogen-bond donors (Lipinski definition) is 4. The first kappa shape index (κ1) is 11.2. The van der Waals surface area contributed by atoms with E-state index < -0.39 is 17.9 Å². The Bertz CT molecular complexity index is 216. The van der Waals surface area contributed by atoms with Crippen molar-refractivity contribution in [2.24, 2.45) is 5.73 Å². The van der Waals surface area contributed by atoms with E-state index in [9.17, 15) is 14.4 Å². The molecule has 0 heterocycles. The summed E-state index contributed by atoms with van der Waals surface area (Å²) in [6.07, 6.45) is -0.163. The van der Waals surface area contributed by atoms with Gasteiger partial charge in [0.15, 0.2) is 0 Å². The molecule has 0 aliphatic rings. The third-order valence-electron chi connectivity index (χ3n) is 1.05. The summed E-state index contributed by atoms with van der Waals surface area (Å²) < 4.78 is 0. The van der Waals surface area contributed by atoms with E-state index in [0.29, 0.717) is 0 Å². The van der Waals surface area contributed by atoms with Gasteiger partial charge in [0.25, 0.3) is 0 Å². The lowest BCUT2D eigenvalue weighted by atomic mass is 10.4. The third-order valence-corrected chi connectivity index (χ3v) is 1.05. The lowest BCUT2D eigenvalue weighted by molar-refractivity contribution is -0.136. The van der Waals surface area contributed by atoms with E-state index in [-0.39, 0.29) is 19.5 Å². The molecule has 0 spiro atoms. The first-order valence-electron chi connectivity index (χ1n) is 3.54. The molecule has 0 radical (unpaired) electrons. The van der Waals surface area contributed by atoms with Gasteiger partial charge in [-0.05, 0) is 0 Å². The van der Waals surface area contributed by atoms with Crippen LogP contribution >= 0.6 is 0 Å². The summed E-state index contributed by atoms with van der Waals surface area (Å²) in [5.41, 5.74) is 4.74. The van der Waals surface area contributed by atoms with Gasteiger partial charge in [0.1, 0.15) is 0 Å². The molecule has 0 aromatic heterocycles. The molecule has 74 valence electrons. The van der Waals surface area contributed by atoms with Crippen molar-refractivity contribution < 1.29 is 19.5 Å². The minimum absolute atomic E-state index is 0.0138. The van der Waals surface area contributed by atoms with Crippen molar-refractivity contribution in [1.29, 1.82) is 0 Å². The van der Waals surface area contributed by atoms with Gasteiger partial charge in [0.2, 0.25) is 5.91 Å². The van der Waals surface area contributed by atoms with Crippen LogP contribution in [0.25, 0.3) is 0 Å². The van der Waals surface area contributed by atoms with E-state index in [4.69, 9.17) is 10.8 Å². The van der Waals surface area contributed by atoms with Crippen LogP contribution in [0.1, 0.15) is 6.42 Å². The van der Waals surface area contributed by atoms with Crippen LogP contribution in [0.4, 0.5) is 4.79 Å². The number of hydrogen-bond acceptors (Lipinski definition) is 3. The fraction of sp³-hybridized carbons (Fsp3) is 0.500. The fourth-order valence-electron chi connectivity index (χ4n) is 0.513. The highest BCUT2D eigenvalue weighted by atomic mass is 16.4. The second-order valence-corrected chi connectivity index (χ2v) is 2.22. The van der Waals surface area contributed by atoms with E-state index in [2.05, 4.69) is 10.6 Å². The Morgan fingerprint density at radius 1 is 1.23 bits per heavy atom. The van der Waals surface area contributed by atoms with Gasteiger partial charge in [-0.2, -0.15) is 0 Å². The molecule has 0 rings (SSSR count). The van der Waals surface area contributed by atoms with Crippen LogP contribution in [0.5, 0.6) is 0 Å². The van der Waals surface area contributed by atoms with E-state index in [1.54, 1.807) is 0 Å². The summed E-state index contributed by atoms with van der Waals surface area (Å²) in [5, 5.41) is 12.6. The molecule has 7 nitrogen and oxygen atoms in total. The Balaban J connectivity index is 3.41. The number of carbonyl (C=O) groups is 3. The molecule has 0 aliphatic carbocycles. The van der Waals surface area contributed by atoms with Gasteiger partial charge in [-0.1, -0.05) is 0 Å². The monoisotopic (exact) mass is 189 g/mol. The molecule has 3 amide bonds. The highest BCUT2D eigenvalue weighted by molar-refractivity contribution is 5.82. The topological polar surface area (TPSA) is 122 Å².